The van der Waals surface area contributed by atoms with E-state index in [2.05, 4.69) is 11.9 Å². The highest BCUT2D eigenvalue weighted by Gasteiger charge is 2.37. The Bertz CT molecular complexity index is 326. The molecule has 0 atom stereocenters. The summed E-state index contributed by atoms with van der Waals surface area (Å²) in [6.45, 7) is 6.50. The first-order valence-corrected chi connectivity index (χ1v) is 6.79. The molecule has 4 heteroatoms. The number of aromatic nitrogens is 1. The zero-order valence-electron chi connectivity index (χ0n) is 9.99. The molecule has 0 aromatic carbocycles. The van der Waals surface area contributed by atoms with E-state index in [1.165, 1.54) is 4.88 Å². The molecule has 2 rings (SSSR count). The predicted octanol–water partition coefficient (Wildman–Crippen LogP) is 2.75. The molecule has 0 unspecified atom stereocenters. The molecule has 1 fully saturated rings. The minimum absolute atomic E-state index is 0.176. The third kappa shape index (κ3) is 2.29. The fourth-order valence-electron chi connectivity index (χ4n) is 2.08. The number of ether oxygens (including phenoxy) is 2. The van der Waals surface area contributed by atoms with Gasteiger partial charge in [-0.2, -0.15) is 0 Å². The molecule has 3 nitrogen and oxygen atoms in total. The highest BCUT2D eigenvalue weighted by Crippen LogP contribution is 2.38. The lowest BCUT2D eigenvalue weighted by molar-refractivity contribution is -0.112. The topological polar surface area (TPSA) is 31.4 Å². The van der Waals surface area contributed by atoms with Crippen molar-refractivity contribution in [1.82, 2.24) is 4.98 Å². The van der Waals surface area contributed by atoms with Gasteiger partial charge in [0.2, 0.25) is 0 Å². The summed E-state index contributed by atoms with van der Waals surface area (Å²) in [5.41, 5.74) is -0.176. The molecule has 1 aliphatic rings. The monoisotopic (exact) mass is 241 g/mol. The first-order valence-electron chi connectivity index (χ1n) is 5.97. The third-order valence-corrected chi connectivity index (χ3v) is 4.34. The SMILES string of the molecule is CCOC1(c2ncc(CC)s2)CCOCC1. The van der Waals surface area contributed by atoms with Crippen LogP contribution in [0.25, 0.3) is 0 Å². The Labute approximate surface area is 101 Å². The van der Waals surface area contributed by atoms with Crippen LogP contribution in [0.15, 0.2) is 6.20 Å². The van der Waals surface area contributed by atoms with E-state index in [1.54, 1.807) is 11.3 Å². The lowest BCUT2D eigenvalue weighted by Gasteiger charge is -2.35. The molecule has 0 spiro atoms. The molecule has 0 aliphatic carbocycles. The van der Waals surface area contributed by atoms with Gasteiger partial charge >= 0.3 is 0 Å². The van der Waals surface area contributed by atoms with Gasteiger partial charge < -0.3 is 9.47 Å². The Morgan fingerprint density at radius 1 is 1.44 bits per heavy atom. The van der Waals surface area contributed by atoms with Crippen molar-refractivity contribution >= 4 is 11.3 Å². The van der Waals surface area contributed by atoms with Gasteiger partial charge in [-0.25, -0.2) is 4.98 Å². The van der Waals surface area contributed by atoms with Gasteiger partial charge in [-0.15, -0.1) is 11.3 Å². The van der Waals surface area contributed by atoms with Crippen LogP contribution in [0.5, 0.6) is 0 Å². The van der Waals surface area contributed by atoms with Crippen molar-refractivity contribution in [3.8, 4) is 0 Å². The molecule has 0 radical (unpaired) electrons. The maximum atomic E-state index is 5.98. The van der Waals surface area contributed by atoms with Crippen LogP contribution in [-0.4, -0.2) is 24.8 Å². The van der Waals surface area contributed by atoms with E-state index in [0.717, 1.165) is 44.1 Å². The van der Waals surface area contributed by atoms with Gasteiger partial charge in [0.15, 0.2) is 0 Å². The van der Waals surface area contributed by atoms with Crippen LogP contribution in [0.4, 0.5) is 0 Å². The van der Waals surface area contributed by atoms with Gasteiger partial charge in [0.25, 0.3) is 0 Å². The summed E-state index contributed by atoms with van der Waals surface area (Å²) in [5, 5.41) is 1.13. The van der Waals surface area contributed by atoms with Gasteiger partial charge in [-0.05, 0) is 13.3 Å². The Balaban J connectivity index is 2.23. The summed E-state index contributed by atoms with van der Waals surface area (Å²) < 4.78 is 11.4. The molecule has 0 saturated carbocycles. The Morgan fingerprint density at radius 3 is 2.75 bits per heavy atom. The van der Waals surface area contributed by atoms with Gasteiger partial charge in [0.1, 0.15) is 10.6 Å². The molecule has 2 heterocycles. The van der Waals surface area contributed by atoms with Crippen LogP contribution >= 0.6 is 11.3 Å². The molecule has 0 N–H and O–H groups in total. The van der Waals surface area contributed by atoms with E-state index in [-0.39, 0.29) is 5.60 Å². The largest absolute Gasteiger partial charge is 0.381 e. The quantitative estimate of drug-likeness (QED) is 0.812. The average molecular weight is 241 g/mol. The molecule has 16 heavy (non-hydrogen) atoms. The second-order valence-electron chi connectivity index (χ2n) is 4.02. The predicted molar refractivity (Wildman–Crippen MR) is 64.8 cm³/mol. The zero-order valence-corrected chi connectivity index (χ0v) is 10.8. The highest BCUT2D eigenvalue weighted by atomic mass is 32.1. The van der Waals surface area contributed by atoms with Crippen molar-refractivity contribution in [1.29, 1.82) is 0 Å². The van der Waals surface area contributed by atoms with Crippen molar-refractivity contribution in [2.75, 3.05) is 19.8 Å². The van der Waals surface area contributed by atoms with E-state index >= 15 is 0 Å². The van der Waals surface area contributed by atoms with Gasteiger partial charge in [-0.3, -0.25) is 0 Å². The molecule has 1 aliphatic heterocycles. The van der Waals surface area contributed by atoms with Crippen LogP contribution in [-0.2, 0) is 21.5 Å². The Hall–Kier alpha value is -0.450. The summed E-state index contributed by atoms with van der Waals surface area (Å²) in [7, 11) is 0. The van der Waals surface area contributed by atoms with Crippen LogP contribution in [0.3, 0.4) is 0 Å². The van der Waals surface area contributed by atoms with Crippen LogP contribution in [0, 0.1) is 0 Å². The number of nitrogens with zero attached hydrogens (tertiary/aromatic N) is 1. The molecule has 90 valence electrons. The molecule has 1 saturated heterocycles. The van der Waals surface area contributed by atoms with Crippen molar-refractivity contribution in [3.05, 3.63) is 16.1 Å². The Morgan fingerprint density at radius 2 is 2.19 bits per heavy atom. The third-order valence-electron chi connectivity index (χ3n) is 3.01. The fraction of sp³-hybridized carbons (Fsp3) is 0.750. The zero-order chi connectivity index (χ0) is 11.4. The lowest BCUT2D eigenvalue weighted by Crippen LogP contribution is -2.36. The van der Waals surface area contributed by atoms with Crippen molar-refractivity contribution < 1.29 is 9.47 Å². The van der Waals surface area contributed by atoms with Gasteiger partial charge in [0.05, 0.1) is 0 Å². The summed E-state index contributed by atoms with van der Waals surface area (Å²) >= 11 is 1.79. The highest BCUT2D eigenvalue weighted by molar-refractivity contribution is 7.11. The van der Waals surface area contributed by atoms with Gasteiger partial charge in [0, 0.05) is 43.7 Å². The average Bonchev–Trinajstić information content (AvgIpc) is 2.80. The minimum Gasteiger partial charge on any atom is -0.381 e. The van der Waals surface area contributed by atoms with Crippen molar-refractivity contribution in [2.24, 2.45) is 0 Å². The fourth-order valence-corrected chi connectivity index (χ4v) is 3.13. The van der Waals surface area contributed by atoms with Crippen LogP contribution in [0.1, 0.15) is 36.6 Å². The van der Waals surface area contributed by atoms with Crippen molar-refractivity contribution in [2.45, 2.75) is 38.7 Å². The Kier molecular flexibility index (Phi) is 3.95. The van der Waals surface area contributed by atoms with Crippen LogP contribution < -0.4 is 0 Å². The summed E-state index contributed by atoms with van der Waals surface area (Å²) in [6.07, 6.45) is 4.89. The molecular weight excluding hydrogens is 222 g/mol. The summed E-state index contributed by atoms with van der Waals surface area (Å²) in [5.74, 6) is 0. The molecule has 0 amide bonds. The number of aryl methyl sites for hydroxylation is 1. The van der Waals surface area contributed by atoms with Gasteiger partial charge in [-0.1, -0.05) is 6.92 Å². The number of thiazole rings is 1. The second-order valence-corrected chi connectivity index (χ2v) is 5.14. The molecule has 1 aromatic rings. The maximum absolute atomic E-state index is 5.98. The number of rotatable bonds is 4. The maximum Gasteiger partial charge on any atom is 0.125 e. The van der Waals surface area contributed by atoms with Crippen molar-refractivity contribution in [3.63, 3.8) is 0 Å². The van der Waals surface area contributed by atoms with E-state index in [4.69, 9.17) is 9.47 Å². The van der Waals surface area contributed by atoms with E-state index < -0.39 is 0 Å². The summed E-state index contributed by atoms with van der Waals surface area (Å²) in [4.78, 5) is 5.87. The first-order chi connectivity index (χ1) is 7.80. The van der Waals surface area contributed by atoms with E-state index in [9.17, 15) is 0 Å². The summed E-state index contributed by atoms with van der Waals surface area (Å²) in [6, 6.07) is 0. The number of hydrogen-bond donors (Lipinski definition) is 0. The molecule has 1 aromatic heterocycles. The standard InChI is InChI=1S/C12H19NO2S/c1-3-10-9-13-11(16-10)12(15-4-2)5-7-14-8-6-12/h9H,3-8H2,1-2H3. The lowest BCUT2D eigenvalue weighted by atomic mass is 9.95. The first kappa shape index (κ1) is 12.0. The normalized spacial score (nSPS) is 19.9. The smallest absolute Gasteiger partial charge is 0.125 e. The molecular formula is C12H19NO2S. The number of hydrogen-bond acceptors (Lipinski definition) is 4. The van der Waals surface area contributed by atoms with E-state index in [0.29, 0.717) is 0 Å². The van der Waals surface area contributed by atoms with E-state index in [1.807, 2.05) is 13.1 Å². The second kappa shape index (κ2) is 5.25. The molecule has 0 bridgehead atoms. The minimum atomic E-state index is -0.176. The van der Waals surface area contributed by atoms with Crippen LogP contribution in [0.2, 0.25) is 0 Å².